The lowest BCUT2D eigenvalue weighted by atomic mass is 9.98. The highest BCUT2D eigenvalue weighted by atomic mass is 19.1. The second kappa shape index (κ2) is 2.55. The lowest BCUT2D eigenvalue weighted by molar-refractivity contribution is -0.116. The molecule has 0 aliphatic carbocycles. The van der Waals surface area contributed by atoms with Crippen LogP contribution in [0.15, 0.2) is 12.1 Å². The molecule has 1 aromatic rings. The quantitative estimate of drug-likeness (QED) is 0.649. The lowest BCUT2D eigenvalue weighted by Gasteiger charge is -2.05. The summed E-state index contributed by atoms with van der Waals surface area (Å²) in [6.45, 7) is 3.67. The Morgan fingerprint density at radius 3 is 2.77 bits per heavy atom. The van der Waals surface area contributed by atoms with Gasteiger partial charge in [-0.1, -0.05) is 6.07 Å². The number of carbonyl (C=O) groups is 1. The third kappa shape index (κ3) is 1.03. The molecule has 3 heteroatoms. The molecule has 2 nitrogen and oxygen atoms in total. The van der Waals surface area contributed by atoms with Gasteiger partial charge in [0.2, 0.25) is 5.91 Å². The van der Waals surface area contributed by atoms with Crippen molar-refractivity contribution in [3.8, 4) is 0 Å². The summed E-state index contributed by atoms with van der Waals surface area (Å²) in [6, 6.07) is 3.08. The van der Waals surface area contributed by atoms with Crippen LogP contribution >= 0.6 is 0 Å². The molecule has 1 amide bonds. The highest BCUT2D eigenvalue weighted by Gasteiger charge is 2.30. The molecule has 1 heterocycles. The molecule has 13 heavy (non-hydrogen) atoms. The normalized spacial score (nSPS) is 19.9. The van der Waals surface area contributed by atoms with E-state index in [0.29, 0.717) is 5.69 Å². The van der Waals surface area contributed by atoms with Gasteiger partial charge in [-0.15, -0.1) is 0 Å². The number of amides is 1. The number of fused-ring (bicyclic) bond motifs is 1. The van der Waals surface area contributed by atoms with Gasteiger partial charge in [-0.05, 0) is 31.0 Å². The zero-order chi connectivity index (χ0) is 9.59. The Labute approximate surface area is 75.8 Å². The Bertz CT molecular complexity index is 387. The van der Waals surface area contributed by atoms with Gasteiger partial charge < -0.3 is 5.32 Å². The van der Waals surface area contributed by atoms with Crippen LogP contribution in [0, 0.1) is 12.7 Å². The van der Waals surface area contributed by atoms with Crippen LogP contribution in [0.3, 0.4) is 0 Å². The van der Waals surface area contributed by atoms with Crippen molar-refractivity contribution >= 4 is 11.6 Å². The van der Waals surface area contributed by atoms with Crippen molar-refractivity contribution < 1.29 is 9.18 Å². The number of aryl methyl sites for hydroxylation is 1. The summed E-state index contributed by atoms with van der Waals surface area (Å²) in [5, 5.41) is 2.54. The highest BCUT2D eigenvalue weighted by molar-refractivity contribution is 6.03. The molecular weight excluding hydrogens is 169 g/mol. The maximum absolute atomic E-state index is 13.2. The van der Waals surface area contributed by atoms with E-state index in [2.05, 4.69) is 5.32 Å². The number of hydrogen-bond acceptors (Lipinski definition) is 1. The molecule has 1 aliphatic rings. The van der Waals surface area contributed by atoms with Crippen LogP contribution in [0.4, 0.5) is 10.1 Å². The summed E-state index contributed by atoms with van der Waals surface area (Å²) >= 11 is 0. The molecule has 1 aromatic carbocycles. The van der Waals surface area contributed by atoms with Gasteiger partial charge >= 0.3 is 0 Å². The summed E-state index contributed by atoms with van der Waals surface area (Å²) in [6.07, 6.45) is 0. The highest BCUT2D eigenvalue weighted by Crippen LogP contribution is 2.36. The molecule has 0 saturated carbocycles. The van der Waals surface area contributed by atoms with Gasteiger partial charge in [-0.25, -0.2) is 4.39 Å². The first-order valence-electron chi connectivity index (χ1n) is 4.21. The second-order valence-electron chi connectivity index (χ2n) is 3.36. The predicted molar refractivity (Wildman–Crippen MR) is 48.2 cm³/mol. The molecule has 0 aromatic heterocycles. The fourth-order valence-corrected chi connectivity index (χ4v) is 1.74. The molecule has 0 spiro atoms. The van der Waals surface area contributed by atoms with E-state index in [0.717, 1.165) is 11.1 Å². The molecule has 1 aliphatic heterocycles. The van der Waals surface area contributed by atoms with Gasteiger partial charge in [0.05, 0.1) is 11.6 Å². The second-order valence-corrected chi connectivity index (χ2v) is 3.36. The van der Waals surface area contributed by atoms with Gasteiger partial charge in [0.25, 0.3) is 0 Å². The van der Waals surface area contributed by atoms with Crippen LogP contribution in [-0.2, 0) is 4.79 Å². The number of rotatable bonds is 0. The molecule has 2 rings (SSSR count). The standard InChI is InChI=1S/C10H10FNO/c1-5-3-4-7(11)9-8(5)6(2)10(13)12-9/h3-4,6H,1-2H3,(H,12,13). The fourth-order valence-electron chi connectivity index (χ4n) is 1.74. The van der Waals surface area contributed by atoms with Crippen LogP contribution in [0.2, 0.25) is 0 Å². The first kappa shape index (κ1) is 8.23. The van der Waals surface area contributed by atoms with Crippen molar-refractivity contribution in [2.24, 2.45) is 0 Å². The van der Waals surface area contributed by atoms with Gasteiger partial charge in [-0.2, -0.15) is 0 Å². The number of nitrogens with one attached hydrogen (secondary N) is 1. The molecule has 0 bridgehead atoms. The minimum atomic E-state index is -0.349. The van der Waals surface area contributed by atoms with Crippen molar-refractivity contribution in [2.75, 3.05) is 5.32 Å². The van der Waals surface area contributed by atoms with E-state index in [-0.39, 0.29) is 17.6 Å². The first-order chi connectivity index (χ1) is 6.11. The van der Waals surface area contributed by atoms with Crippen LogP contribution in [-0.4, -0.2) is 5.91 Å². The molecule has 1 unspecified atom stereocenters. The average molecular weight is 179 g/mol. The Morgan fingerprint density at radius 1 is 1.46 bits per heavy atom. The summed E-state index contributed by atoms with van der Waals surface area (Å²) in [5.74, 6) is -0.702. The SMILES string of the molecule is Cc1ccc(F)c2c1C(C)C(=O)N2. The van der Waals surface area contributed by atoms with E-state index in [1.54, 1.807) is 13.0 Å². The Hall–Kier alpha value is -1.38. The molecular formula is C10H10FNO. The van der Waals surface area contributed by atoms with E-state index in [1.165, 1.54) is 6.07 Å². The van der Waals surface area contributed by atoms with Gasteiger partial charge in [-0.3, -0.25) is 4.79 Å². The summed E-state index contributed by atoms with van der Waals surface area (Å²) in [4.78, 5) is 11.3. The molecule has 1 N–H and O–H groups in total. The fraction of sp³-hybridized carbons (Fsp3) is 0.300. The topological polar surface area (TPSA) is 29.1 Å². The van der Waals surface area contributed by atoms with Gasteiger partial charge in [0.15, 0.2) is 0 Å². The average Bonchev–Trinajstić information content (AvgIpc) is 2.38. The lowest BCUT2D eigenvalue weighted by Crippen LogP contribution is -2.08. The van der Waals surface area contributed by atoms with Crippen molar-refractivity contribution in [1.82, 2.24) is 0 Å². The molecule has 0 radical (unpaired) electrons. The number of halogens is 1. The van der Waals surface area contributed by atoms with Crippen molar-refractivity contribution in [3.63, 3.8) is 0 Å². The van der Waals surface area contributed by atoms with Crippen LogP contribution in [0.1, 0.15) is 24.0 Å². The minimum Gasteiger partial charge on any atom is -0.323 e. The van der Waals surface area contributed by atoms with Crippen molar-refractivity contribution in [2.45, 2.75) is 19.8 Å². The van der Waals surface area contributed by atoms with Crippen LogP contribution in [0.25, 0.3) is 0 Å². The van der Waals surface area contributed by atoms with Crippen molar-refractivity contribution in [1.29, 1.82) is 0 Å². The minimum absolute atomic E-state index is 0.122. The Kier molecular flexibility index (Phi) is 1.62. The van der Waals surface area contributed by atoms with Crippen LogP contribution < -0.4 is 5.32 Å². The largest absolute Gasteiger partial charge is 0.323 e. The first-order valence-corrected chi connectivity index (χ1v) is 4.21. The molecule has 0 saturated heterocycles. The van der Waals surface area contributed by atoms with Gasteiger partial charge in [0, 0.05) is 0 Å². The van der Waals surface area contributed by atoms with E-state index in [4.69, 9.17) is 0 Å². The number of carbonyl (C=O) groups excluding carboxylic acids is 1. The monoisotopic (exact) mass is 179 g/mol. The van der Waals surface area contributed by atoms with Crippen LogP contribution in [0.5, 0.6) is 0 Å². The number of benzene rings is 1. The molecule has 1 atom stereocenters. The van der Waals surface area contributed by atoms with E-state index >= 15 is 0 Å². The maximum atomic E-state index is 13.2. The zero-order valence-electron chi connectivity index (χ0n) is 7.52. The van der Waals surface area contributed by atoms with Crippen molar-refractivity contribution in [3.05, 3.63) is 29.1 Å². The molecule has 68 valence electrons. The number of hydrogen-bond donors (Lipinski definition) is 1. The zero-order valence-corrected chi connectivity index (χ0v) is 7.52. The smallest absolute Gasteiger partial charge is 0.231 e. The van der Waals surface area contributed by atoms with E-state index in [9.17, 15) is 9.18 Å². The van der Waals surface area contributed by atoms with E-state index in [1.807, 2.05) is 6.92 Å². The summed E-state index contributed by atoms with van der Waals surface area (Å²) in [7, 11) is 0. The summed E-state index contributed by atoms with van der Waals surface area (Å²) in [5.41, 5.74) is 2.12. The van der Waals surface area contributed by atoms with Gasteiger partial charge in [0.1, 0.15) is 5.82 Å². The third-order valence-electron chi connectivity index (χ3n) is 2.49. The Morgan fingerprint density at radius 2 is 2.15 bits per heavy atom. The third-order valence-corrected chi connectivity index (χ3v) is 2.49. The Balaban J connectivity index is 2.68. The van der Waals surface area contributed by atoms with E-state index < -0.39 is 0 Å². The maximum Gasteiger partial charge on any atom is 0.231 e. The molecule has 0 fully saturated rings. The summed E-state index contributed by atoms with van der Waals surface area (Å²) < 4.78 is 13.2. The number of anilines is 1. The predicted octanol–water partition coefficient (Wildman–Crippen LogP) is 2.19.